The standard InChI is InChI=1S/C17H22N2O2/c1-20-11-9-18-12-14-7-10-21-17(14)15-6-2-4-13-5-3-8-19-16(13)15/h2-6,8,14,17-18H,7,9-12H2,1H3. The Hall–Kier alpha value is -1.49. The fraction of sp³-hybridized carbons (Fsp3) is 0.471. The smallest absolute Gasteiger partial charge is 0.0887 e. The molecule has 1 aromatic heterocycles. The molecule has 0 radical (unpaired) electrons. The number of ether oxygens (including phenoxy) is 2. The summed E-state index contributed by atoms with van der Waals surface area (Å²) in [6, 6.07) is 10.4. The lowest BCUT2D eigenvalue weighted by Gasteiger charge is -2.20. The highest BCUT2D eigenvalue weighted by atomic mass is 16.5. The lowest BCUT2D eigenvalue weighted by molar-refractivity contribution is 0.0908. The predicted octanol–water partition coefficient (Wildman–Crippen LogP) is 2.55. The Morgan fingerprint density at radius 1 is 1.33 bits per heavy atom. The highest BCUT2D eigenvalue weighted by Crippen LogP contribution is 2.36. The monoisotopic (exact) mass is 286 g/mol. The maximum absolute atomic E-state index is 6.01. The molecule has 1 fully saturated rings. The summed E-state index contributed by atoms with van der Waals surface area (Å²) in [5.41, 5.74) is 2.28. The molecule has 0 bridgehead atoms. The average Bonchev–Trinajstić information content (AvgIpc) is 2.99. The van der Waals surface area contributed by atoms with E-state index in [1.54, 1.807) is 7.11 Å². The fourth-order valence-electron chi connectivity index (χ4n) is 3.01. The molecule has 21 heavy (non-hydrogen) atoms. The van der Waals surface area contributed by atoms with Gasteiger partial charge in [0.25, 0.3) is 0 Å². The summed E-state index contributed by atoms with van der Waals surface area (Å²) in [6.07, 6.45) is 3.08. The van der Waals surface area contributed by atoms with Crippen LogP contribution in [0.25, 0.3) is 10.9 Å². The number of fused-ring (bicyclic) bond motifs is 1. The van der Waals surface area contributed by atoms with Gasteiger partial charge < -0.3 is 14.8 Å². The SMILES string of the molecule is COCCNCC1CCOC1c1cccc2cccnc12. The molecule has 2 aromatic rings. The molecule has 0 amide bonds. The summed E-state index contributed by atoms with van der Waals surface area (Å²) in [5, 5.41) is 4.63. The number of methoxy groups -OCH3 is 1. The maximum atomic E-state index is 6.01. The first-order chi connectivity index (χ1) is 10.4. The third-order valence-corrected chi connectivity index (χ3v) is 4.07. The molecule has 0 spiro atoms. The summed E-state index contributed by atoms with van der Waals surface area (Å²) < 4.78 is 11.1. The van der Waals surface area contributed by atoms with Gasteiger partial charge in [0.05, 0.1) is 18.2 Å². The van der Waals surface area contributed by atoms with Crippen molar-refractivity contribution in [2.75, 3.05) is 33.4 Å². The third kappa shape index (κ3) is 3.23. The van der Waals surface area contributed by atoms with Crippen molar-refractivity contribution in [3.63, 3.8) is 0 Å². The first-order valence-electron chi connectivity index (χ1n) is 7.55. The summed E-state index contributed by atoms with van der Waals surface area (Å²) >= 11 is 0. The van der Waals surface area contributed by atoms with E-state index in [0.29, 0.717) is 5.92 Å². The molecule has 0 saturated carbocycles. The number of hydrogen-bond donors (Lipinski definition) is 1. The highest BCUT2D eigenvalue weighted by molar-refractivity contribution is 5.81. The number of nitrogens with one attached hydrogen (secondary N) is 1. The molecule has 1 aliphatic heterocycles. The average molecular weight is 286 g/mol. The van der Waals surface area contributed by atoms with E-state index in [9.17, 15) is 0 Å². The van der Waals surface area contributed by atoms with E-state index >= 15 is 0 Å². The Labute approximate surface area is 125 Å². The number of rotatable bonds is 6. The number of para-hydroxylation sites is 1. The van der Waals surface area contributed by atoms with Gasteiger partial charge >= 0.3 is 0 Å². The van der Waals surface area contributed by atoms with E-state index < -0.39 is 0 Å². The lowest BCUT2D eigenvalue weighted by Crippen LogP contribution is -2.27. The van der Waals surface area contributed by atoms with Crippen molar-refractivity contribution >= 4 is 10.9 Å². The van der Waals surface area contributed by atoms with Gasteiger partial charge in [0.15, 0.2) is 0 Å². The summed E-state index contributed by atoms with van der Waals surface area (Å²) in [7, 11) is 1.73. The lowest BCUT2D eigenvalue weighted by atomic mass is 9.93. The van der Waals surface area contributed by atoms with Crippen LogP contribution < -0.4 is 5.32 Å². The number of pyridine rings is 1. The van der Waals surface area contributed by atoms with Crippen molar-refractivity contribution in [1.82, 2.24) is 10.3 Å². The Morgan fingerprint density at radius 3 is 3.14 bits per heavy atom. The van der Waals surface area contributed by atoms with Crippen LogP contribution in [0.5, 0.6) is 0 Å². The summed E-state index contributed by atoms with van der Waals surface area (Å²) in [5.74, 6) is 0.495. The van der Waals surface area contributed by atoms with Gasteiger partial charge in [-0.25, -0.2) is 0 Å². The molecule has 112 valence electrons. The zero-order chi connectivity index (χ0) is 14.5. The van der Waals surface area contributed by atoms with Crippen molar-refractivity contribution in [1.29, 1.82) is 0 Å². The number of aromatic nitrogens is 1. The van der Waals surface area contributed by atoms with Gasteiger partial charge in [-0.1, -0.05) is 24.3 Å². The second-order valence-corrected chi connectivity index (χ2v) is 5.46. The second kappa shape index (κ2) is 6.98. The van der Waals surface area contributed by atoms with Gasteiger partial charge in [-0.2, -0.15) is 0 Å². The van der Waals surface area contributed by atoms with E-state index in [4.69, 9.17) is 9.47 Å². The van der Waals surface area contributed by atoms with E-state index in [1.165, 1.54) is 10.9 Å². The first kappa shape index (κ1) is 14.4. The largest absolute Gasteiger partial charge is 0.383 e. The van der Waals surface area contributed by atoms with Crippen LogP contribution in [0.1, 0.15) is 18.1 Å². The van der Waals surface area contributed by atoms with Gasteiger partial charge in [0, 0.05) is 49.9 Å². The number of nitrogens with zero attached hydrogens (tertiary/aromatic N) is 1. The van der Waals surface area contributed by atoms with Crippen LogP contribution in [0.3, 0.4) is 0 Å². The van der Waals surface area contributed by atoms with Crippen LogP contribution in [0.2, 0.25) is 0 Å². The number of hydrogen-bond acceptors (Lipinski definition) is 4. The van der Waals surface area contributed by atoms with Gasteiger partial charge in [-0.05, 0) is 12.5 Å². The van der Waals surface area contributed by atoms with Gasteiger partial charge in [-0.15, -0.1) is 0 Å². The first-order valence-corrected chi connectivity index (χ1v) is 7.55. The van der Waals surface area contributed by atoms with E-state index in [1.807, 2.05) is 12.3 Å². The second-order valence-electron chi connectivity index (χ2n) is 5.46. The Kier molecular flexibility index (Phi) is 4.80. The Balaban J connectivity index is 1.77. The molecule has 4 nitrogen and oxygen atoms in total. The molecule has 2 heterocycles. The minimum Gasteiger partial charge on any atom is -0.383 e. The van der Waals surface area contributed by atoms with Crippen molar-refractivity contribution in [2.24, 2.45) is 5.92 Å². The zero-order valence-electron chi connectivity index (χ0n) is 12.4. The van der Waals surface area contributed by atoms with E-state index in [-0.39, 0.29) is 6.10 Å². The quantitative estimate of drug-likeness (QED) is 0.829. The van der Waals surface area contributed by atoms with E-state index in [0.717, 1.165) is 38.2 Å². The van der Waals surface area contributed by atoms with Crippen molar-refractivity contribution in [3.8, 4) is 0 Å². The van der Waals surface area contributed by atoms with Crippen molar-refractivity contribution in [2.45, 2.75) is 12.5 Å². The summed E-state index contributed by atoms with van der Waals surface area (Å²) in [4.78, 5) is 4.55. The zero-order valence-corrected chi connectivity index (χ0v) is 12.4. The molecule has 4 heteroatoms. The minimum atomic E-state index is 0.138. The Morgan fingerprint density at radius 2 is 2.24 bits per heavy atom. The van der Waals surface area contributed by atoms with E-state index in [2.05, 4.69) is 34.6 Å². The molecular formula is C17H22N2O2. The fourth-order valence-corrected chi connectivity index (χ4v) is 3.01. The van der Waals surface area contributed by atoms with Gasteiger partial charge in [0.2, 0.25) is 0 Å². The molecule has 2 atom stereocenters. The van der Waals surface area contributed by atoms with Crippen LogP contribution in [-0.2, 0) is 9.47 Å². The molecular weight excluding hydrogens is 264 g/mol. The maximum Gasteiger partial charge on any atom is 0.0887 e. The van der Waals surface area contributed by atoms with Crippen LogP contribution in [0, 0.1) is 5.92 Å². The topological polar surface area (TPSA) is 43.4 Å². The van der Waals surface area contributed by atoms with Crippen molar-refractivity contribution in [3.05, 3.63) is 42.1 Å². The normalized spacial score (nSPS) is 22.0. The molecule has 3 rings (SSSR count). The molecule has 1 saturated heterocycles. The van der Waals surface area contributed by atoms with Gasteiger partial charge in [0.1, 0.15) is 0 Å². The van der Waals surface area contributed by atoms with Crippen molar-refractivity contribution < 1.29 is 9.47 Å². The highest BCUT2D eigenvalue weighted by Gasteiger charge is 2.30. The molecule has 0 aliphatic carbocycles. The van der Waals surface area contributed by atoms with Gasteiger partial charge in [-0.3, -0.25) is 4.98 Å². The van der Waals surface area contributed by atoms with Crippen LogP contribution in [0.15, 0.2) is 36.5 Å². The predicted molar refractivity (Wildman–Crippen MR) is 83.3 cm³/mol. The van der Waals surface area contributed by atoms with Crippen LogP contribution in [-0.4, -0.2) is 38.4 Å². The molecule has 1 N–H and O–H groups in total. The van der Waals surface area contributed by atoms with Crippen LogP contribution in [0.4, 0.5) is 0 Å². The molecule has 1 aromatic carbocycles. The molecule has 1 aliphatic rings. The summed E-state index contributed by atoms with van der Waals surface area (Å²) in [6.45, 7) is 3.41. The molecule has 2 unspecified atom stereocenters. The number of benzene rings is 1. The minimum absolute atomic E-state index is 0.138. The third-order valence-electron chi connectivity index (χ3n) is 4.07. The Bertz CT molecular complexity index is 583. The van der Waals surface area contributed by atoms with Crippen LogP contribution >= 0.6 is 0 Å².